The number of aryl methyl sites for hydroxylation is 2. The van der Waals surface area contributed by atoms with Crippen molar-refractivity contribution in [3.8, 4) is 11.5 Å². The normalized spacial score (nSPS) is 12.4. The van der Waals surface area contributed by atoms with Crippen molar-refractivity contribution in [3.63, 3.8) is 0 Å². The SMILES string of the molecule is CCC(Oc1cc(C)ccc1C)C(=O)NCCOc1ccc(C(C)(C)C)cc1. The zero-order valence-electron chi connectivity index (χ0n) is 18.0. The number of hydrogen-bond acceptors (Lipinski definition) is 3. The summed E-state index contributed by atoms with van der Waals surface area (Å²) in [6.45, 7) is 13.3. The second-order valence-corrected chi connectivity index (χ2v) is 8.20. The zero-order chi connectivity index (χ0) is 20.7. The van der Waals surface area contributed by atoms with Crippen LogP contribution in [0.4, 0.5) is 0 Å². The number of hydrogen-bond donors (Lipinski definition) is 1. The van der Waals surface area contributed by atoms with Crippen LogP contribution in [-0.2, 0) is 10.2 Å². The predicted octanol–water partition coefficient (Wildman–Crippen LogP) is 4.95. The molecule has 0 aliphatic carbocycles. The molecule has 4 nitrogen and oxygen atoms in total. The summed E-state index contributed by atoms with van der Waals surface area (Å²) in [5.74, 6) is 1.45. The van der Waals surface area contributed by atoms with E-state index < -0.39 is 6.10 Å². The molecule has 0 fully saturated rings. The van der Waals surface area contributed by atoms with Crippen molar-refractivity contribution in [3.05, 3.63) is 59.2 Å². The first-order valence-corrected chi connectivity index (χ1v) is 9.95. The van der Waals surface area contributed by atoms with Gasteiger partial charge in [-0.15, -0.1) is 0 Å². The summed E-state index contributed by atoms with van der Waals surface area (Å²) in [5, 5.41) is 2.90. The minimum Gasteiger partial charge on any atom is -0.492 e. The Morgan fingerprint density at radius 2 is 1.75 bits per heavy atom. The molecule has 28 heavy (non-hydrogen) atoms. The number of ether oxygens (including phenoxy) is 2. The number of amides is 1. The smallest absolute Gasteiger partial charge is 0.261 e. The van der Waals surface area contributed by atoms with E-state index in [-0.39, 0.29) is 11.3 Å². The van der Waals surface area contributed by atoms with Crippen molar-refractivity contribution in [1.29, 1.82) is 0 Å². The number of carbonyl (C=O) groups is 1. The largest absolute Gasteiger partial charge is 0.492 e. The number of rotatable bonds is 8. The average molecular weight is 384 g/mol. The molecule has 0 bridgehead atoms. The van der Waals surface area contributed by atoms with Crippen molar-refractivity contribution < 1.29 is 14.3 Å². The van der Waals surface area contributed by atoms with Crippen molar-refractivity contribution in [2.75, 3.05) is 13.2 Å². The molecule has 2 aromatic carbocycles. The van der Waals surface area contributed by atoms with Gasteiger partial charge >= 0.3 is 0 Å². The maximum Gasteiger partial charge on any atom is 0.261 e. The van der Waals surface area contributed by atoms with E-state index in [1.807, 2.05) is 51.1 Å². The van der Waals surface area contributed by atoms with E-state index in [1.165, 1.54) is 5.56 Å². The molecule has 0 aliphatic rings. The van der Waals surface area contributed by atoms with Crippen LogP contribution in [-0.4, -0.2) is 25.2 Å². The Hall–Kier alpha value is -2.49. The first-order valence-electron chi connectivity index (χ1n) is 9.95. The Balaban J connectivity index is 1.81. The van der Waals surface area contributed by atoms with Gasteiger partial charge in [0.05, 0.1) is 6.54 Å². The van der Waals surface area contributed by atoms with Crippen molar-refractivity contribution in [2.24, 2.45) is 0 Å². The second-order valence-electron chi connectivity index (χ2n) is 8.20. The molecule has 0 radical (unpaired) electrons. The standard InChI is InChI=1S/C24H33NO3/c1-7-21(28-22-16-17(2)8-9-18(22)3)23(26)25-14-15-27-20-12-10-19(11-13-20)24(4,5)6/h8-13,16,21H,7,14-15H2,1-6H3,(H,25,26). The molecular formula is C24H33NO3. The van der Waals surface area contributed by atoms with Gasteiger partial charge in [0.1, 0.15) is 18.1 Å². The van der Waals surface area contributed by atoms with Crippen LogP contribution in [0.3, 0.4) is 0 Å². The molecule has 1 N–H and O–H groups in total. The van der Waals surface area contributed by atoms with Gasteiger partial charge in [0, 0.05) is 0 Å². The molecule has 152 valence electrons. The van der Waals surface area contributed by atoms with E-state index >= 15 is 0 Å². The van der Waals surface area contributed by atoms with Gasteiger partial charge in [0.15, 0.2) is 6.10 Å². The van der Waals surface area contributed by atoms with Crippen molar-refractivity contribution in [1.82, 2.24) is 5.32 Å². The average Bonchev–Trinajstić information content (AvgIpc) is 2.65. The van der Waals surface area contributed by atoms with E-state index in [0.29, 0.717) is 19.6 Å². The van der Waals surface area contributed by atoms with E-state index in [0.717, 1.165) is 22.6 Å². The molecular weight excluding hydrogens is 350 g/mol. The molecule has 4 heteroatoms. The lowest BCUT2D eigenvalue weighted by atomic mass is 9.87. The van der Waals surface area contributed by atoms with Crippen LogP contribution in [0.1, 0.15) is 50.8 Å². The Labute approximate surface area is 169 Å². The van der Waals surface area contributed by atoms with Crippen LogP contribution >= 0.6 is 0 Å². The number of nitrogens with one attached hydrogen (secondary N) is 1. The van der Waals surface area contributed by atoms with Crippen LogP contribution < -0.4 is 14.8 Å². The molecule has 2 aromatic rings. The summed E-state index contributed by atoms with van der Waals surface area (Å²) >= 11 is 0. The molecule has 0 heterocycles. The summed E-state index contributed by atoms with van der Waals surface area (Å²) in [7, 11) is 0. The fraction of sp³-hybridized carbons (Fsp3) is 0.458. The van der Waals surface area contributed by atoms with Gasteiger partial charge in [-0.05, 0) is 60.6 Å². The third-order valence-electron chi connectivity index (χ3n) is 4.67. The third-order valence-corrected chi connectivity index (χ3v) is 4.67. The van der Waals surface area contributed by atoms with Crippen LogP contribution in [0, 0.1) is 13.8 Å². The molecule has 2 rings (SSSR count). The second kappa shape index (κ2) is 9.63. The van der Waals surface area contributed by atoms with Crippen LogP contribution in [0.2, 0.25) is 0 Å². The summed E-state index contributed by atoms with van der Waals surface area (Å²) in [6, 6.07) is 14.1. The fourth-order valence-electron chi connectivity index (χ4n) is 2.82. The topological polar surface area (TPSA) is 47.6 Å². The highest BCUT2D eigenvalue weighted by atomic mass is 16.5. The maximum atomic E-state index is 12.4. The van der Waals surface area contributed by atoms with Gasteiger partial charge in [0.2, 0.25) is 0 Å². The first kappa shape index (κ1) is 21.8. The first-order chi connectivity index (χ1) is 13.2. The van der Waals surface area contributed by atoms with Gasteiger partial charge < -0.3 is 14.8 Å². The Morgan fingerprint density at radius 1 is 1.07 bits per heavy atom. The van der Waals surface area contributed by atoms with Gasteiger partial charge in [-0.25, -0.2) is 0 Å². The van der Waals surface area contributed by atoms with Gasteiger partial charge in [-0.2, -0.15) is 0 Å². The molecule has 0 saturated heterocycles. The fourth-order valence-corrected chi connectivity index (χ4v) is 2.82. The van der Waals surface area contributed by atoms with Crippen molar-refractivity contribution >= 4 is 5.91 Å². The zero-order valence-corrected chi connectivity index (χ0v) is 18.0. The molecule has 0 spiro atoms. The third kappa shape index (κ3) is 6.29. The molecule has 1 unspecified atom stereocenters. The van der Waals surface area contributed by atoms with Crippen LogP contribution in [0.5, 0.6) is 11.5 Å². The molecule has 0 aliphatic heterocycles. The minimum absolute atomic E-state index is 0.116. The number of benzene rings is 2. The Bertz CT molecular complexity index is 775. The van der Waals surface area contributed by atoms with Crippen LogP contribution in [0.15, 0.2) is 42.5 Å². The summed E-state index contributed by atoms with van der Waals surface area (Å²) in [5.41, 5.74) is 3.53. The lowest BCUT2D eigenvalue weighted by Crippen LogP contribution is -2.39. The monoisotopic (exact) mass is 383 g/mol. The highest BCUT2D eigenvalue weighted by Crippen LogP contribution is 2.24. The van der Waals surface area contributed by atoms with E-state index in [9.17, 15) is 4.79 Å². The quantitative estimate of drug-likeness (QED) is 0.656. The van der Waals surface area contributed by atoms with Gasteiger partial charge in [0.25, 0.3) is 5.91 Å². The molecule has 0 saturated carbocycles. The van der Waals surface area contributed by atoms with E-state index in [1.54, 1.807) is 0 Å². The minimum atomic E-state index is -0.508. The maximum absolute atomic E-state index is 12.4. The number of carbonyl (C=O) groups excluding carboxylic acids is 1. The van der Waals surface area contributed by atoms with Gasteiger partial charge in [-0.3, -0.25) is 4.79 Å². The predicted molar refractivity (Wildman–Crippen MR) is 114 cm³/mol. The highest BCUT2D eigenvalue weighted by Gasteiger charge is 2.19. The lowest BCUT2D eigenvalue weighted by Gasteiger charge is -2.20. The van der Waals surface area contributed by atoms with Crippen molar-refractivity contribution in [2.45, 2.75) is 59.5 Å². The molecule has 0 aromatic heterocycles. The molecule has 1 atom stereocenters. The Morgan fingerprint density at radius 3 is 2.36 bits per heavy atom. The highest BCUT2D eigenvalue weighted by molar-refractivity contribution is 5.81. The summed E-state index contributed by atoms with van der Waals surface area (Å²) < 4.78 is 11.7. The summed E-state index contributed by atoms with van der Waals surface area (Å²) in [6.07, 6.45) is 0.0977. The van der Waals surface area contributed by atoms with E-state index in [4.69, 9.17) is 9.47 Å². The van der Waals surface area contributed by atoms with Crippen LogP contribution in [0.25, 0.3) is 0 Å². The summed E-state index contributed by atoms with van der Waals surface area (Å²) in [4.78, 5) is 12.4. The van der Waals surface area contributed by atoms with Gasteiger partial charge in [-0.1, -0.05) is 52.0 Å². The molecule has 1 amide bonds. The Kier molecular flexibility index (Phi) is 7.50. The lowest BCUT2D eigenvalue weighted by molar-refractivity contribution is -0.128. The van der Waals surface area contributed by atoms with E-state index in [2.05, 4.69) is 38.2 Å².